The Kier molecular flexibility index (Phi) is 9.79. The van der Waals surface area contributed by atoms with Crippen molar-refractivity contribution in [2.75, 3.05) is 39.3 Å². The van der Waals surface area contributed by atoms with Gasteiger partial charge in [-0.25, -0.2) is 0 Å². The molecule has 208 valence electrons. The van der Waals surface area contributed by atoms with Gasteiger partial charge in [0.1, 0.15) is 0 Å². The van der Waals surface area contributed by atoms with Crippen LogP contribution < -0.4 is 21.7 Å². The number of nitrogens with one attached hydrogen (secondary N) is 3. The predicted octanol–water partition coefficient (Wildman–Crippen LogP) is 3.68. The lowest BCUT2D eigenvalue weighted by Gasteiger charge is -2.61. The van der Waals surface area contributed by atoms with E-state index in [4.69, 9.17) is 5.73 Å². The number of carbonyl (C=O) groups is 1. The fraction of sp³-hybridized carbons (Fsp3) is 0.967. The average Bonchev–Trinajstić information content (AvgIpc) is 3.22. The molecule has 0 aliphatic heterocycles. The topological polar surface area (TPSA) is 99.4 Å². The van der Waals surface area contributed by atoms with Gasteiger partial charge in [-0.1, -0.05) is 20.8 Å². The number of aliphatic hydroxyl groups excluding tert-OH is 1. The summed E-state index contributed by atoms with van der Waals surface area (Å²) in [5.74, 6) is 4.95. The molecule has 0 heterocycles. The van der Waals surface area contributed by atoms with Crippen LogP contribution in [0.4, 0.5) is 0 Å². The number of nitrogens with two attached hydrogens (primary N) is 1. The maximum Gasteiger partial charge on any atom is 0.220 e. The molecular formula is C30H56N4O2. The molecule has 36 heavy (non-hydrogen) atoms. The molecule has 4 aliphatic rings. The van der Waals surface area contributed by atoms with Gasteiger partial charge in [0.05, 0.1) is 6.10 Å². The van der Waals surface area contributed by atoms with Crippen molar-refractivity contribution in [3.8, 4) is 0 Å². The maximum absolute atomic E-state index is 12.5. The van der Waals surface area contributed by atoms with Gasteiger partial charge in [0, 0.05) is 45.7 Å². The highest BCUT2D eigenvalue weighted by Gasteiger charge is 2.60. The smallest absolute Gasteiger partial charge is 0.220 e. The van der Waals surface area contributed by atoms with Crippen LogP contribution in [0.5, 0.6) is 0 Å². The fourth-order valence-corrected chi connectivity index (χ4v) is 9.68. The maximum atomic E-state index is 12.5. The van der Waals surface area contributed by atoms with Crippen LogP contribution in [0.3, 0.4) is 0 Å². The van der Waals surface area contributed by atoms with Crippen molar-refractivity contribution in [2.24, 2.45) is 52.1 Å². The van der Waals surface area contributed by atoms with Crippen LogP contribution in [-0.2, 0) is 4.79 Å². The summed E-state index contributed by atoms with van der Waals surface area (Å²) >= 11 is 0. The number of rotatable bonds is 12. The van der Waals surface area contributed by atoms with E-state index in [1.165, 1.54) is 44.9 Å². The number of fused-ring (bicyclic) bond motifs is 5. The Labute approximate surface area is 220 Å². The Hall–Kier alpha value is -0.690. The van der Waals surface area contributed by atoms with Gasteiger partial charge in [-0.3, -0.25) is 4.79 Å². The molecule has 4 fully saturated rings. The summed E-state index contributed by atoms with van der Waals surface area (Å²) in [5, 5.41) is 20.0. The summed E-state index contributed by atoms with van der Waals surface area (Å²) < 4.78 is 0. The first-order valence-electron chi connectivity index (χ1n) is 15.4. The number of hydrogen-bond acceptors (Lipinski definition) is 5. The van der Waals surface area contributed by atoms with Gasteiger partial charge in [0.2, 0.25) is 5.91 Å². The summed E-state index contributed by atoms with van der Waals surface area (Å²) in [5.41, 5.74) is 6.39. The average molecular weight is 505 g/mol. The molecule has 4 aliphatic carbocycles. The van der Waals surface area contributed by atoms with Crippen molar-refractivity contribution in [3.05, 3.63) is 0 Å². The van der Waals surface area contributed by atoms with Gasteiger partial charge in [0.25, 0.3) is 0 Å². The van der Waals surface area contributed by atoms with Crippen molar-refractivity contribution in [1.82, 2.24) is 16.0 Å². The Morgan fingerprint density at radius 1 is 0.917 bits per heavy atom. The van der Waals surface area contributed by atoms with Crippen LogP contribution in [0.2, 0.25) is 0 Å². The highest BCUT2D eigenvalue weighted by atomic mass is 16.3. The van der Waals surface area contributed by atoms with E-state index in [1.54, 1.807) is 0 Å². The third kappa shape index (κ3) is 5.97. The second-order valence-electron chi connectivity index (χ2n) is 13.5. The third-order valence-electron chi connectivity index (χ3n) is 11.6. The van der Waals surface area contributed by atoms with Crippen LogP contribution in [0.15, 0.2) is 0 Å². The standard InChI is InChI=1S/C30H56N4O2/c1-21(4-9-28(36)34-19-18-33-17-16-32-15-14-31)25-7-8-26-24-6-5-22-20-23(35)10-12-29(22,2)27(24)11-13-30(25,26)3/h21-27,32-33,35H,4-20,31H2,1-3H3,(H,34,36)/t21-,22-,23-,24+,25-,26+,27+,29+,30-/m1/s1. The van der Waals surface area contributed by atoms with E-state index in [-0.39, 0.29) is 12.0 Å². The third-order valence-corrected chi connectivity index (χ3v) is 11.6. The zero-order valence-corrected chi connectivity index (χ0v) is 23.5. The van der Waals surface area contributed by atoms with Gasteiger partial charge >= 0.3 is 0 Å². The molecule has 4 rings (SSSR count). The highest BCUT2D eigenvalue weighted by molar-refractivity contribution is 5.75. The molecule has 4 saturated carbocycles. The van der Waals surface area contributed by atoms with Crippen LogP contribution in [-0.4, -0.2) is 56.4 Å². The van der Waals surface area contributed by atoms with Gasteiger partial charge < -0.3 is 26.8 Å². The van der Waals surface area contributed by atoms with Gasteiger partial charge in [-0.05, 0) is 111 Å². The Morgan fingerprint density at radius 3 is 2.39 bits per heavy atom. The molecule has 6 heteroatoms. The highest BCUT2D eigenvalue weighted by Crippen LogP contribution is 2.68. The summed E-state index contributed by atoms with van der Waals surface area (Å²) in [7, 11) is 0. The molecule has 1 amide bonds. The molecule has 0 unspecified atom stereocenters. The lowest BCUT2D eigenvalue weighted by atomic mass is 9.44. The van der Waals surface area contributed by atoms with E-state index in [0.29, 0.717) is 36.3 Å². The normalized spacial score (nSPS) is 40.7. The van der Waals surface area contributed by atoms with Gasteiger partial charge in [0.15, 0.2) is 0 Å². The van der Waals surface area contributed by atoms with Crippen molar-refractivity contribution >= 4 is 5.91 Å². The Balaban J connectivity index is 1.22. The summed E-state index contributed by atoms with van der Waals surface area (Å²) in [4.78, 5) is 12.5. The van der Waals surface area contributed by atoms with Crippen molar-refractivity contribution in [1.29, 1.82) is 0 Å². The number of amides is 1. The minimum Gasteiger partial charge on any atom is -0.393 e. The molecule has 0 radical (unpaired) electrons. The first kappa shape index (κ1) is 28.3. The van der Waals surface area contributed by atoms with E-state index < -0.39 is 0 Å². The number of hydrogen-bond donors (Lipinski definition) is 5. The zero-order chi connectivity index (χ0) is 25.8. The minimum atomic E-state index is -0.0533. The van der Waals surface area contributed by atoms with Crippen LogP contribution in [0, 0.1) is 46.3 Å². The SMILES string of the molecule is C[C@H](CCC(=O)NCCNCCNCCN)[C@H]1CC[C@H]2[C@@H]3CC[C@@H]4C[C@H](O)CC[C@]4(C)[C@H]3CC[C@]12C. The predicted molar refractivity (Wildman–Crippen MR) is 147 cm³/mol. The first-order chi connectivity index (χ1) is 17.3. The van der Waals surface area contributed by atoms with E-state index in [1.807, 2.05) is 0 Å². The van der Waals surface area contributed by atoms with Gasteiger partial charge in [-0.2, -0.15) is 0 Å². The molecular weight excluding hydrogens is 448 g/mol. The first-order valence-corrected chi connectivity index (χ1v) is 15.4. The second-order valence-corrected chi connectivity index (χ2v) is 13.5. The molecule has 9 atom stereocenters. The zero-order valence-electron chi connectivity index (χ0n) is 23.5. The summed E-state index contributed by atoms with van der Waals surface area (Å²) in [6.45, 7) is 12.5. The summed E-state index contributed by atoms with van der Waals surface area (Å²) in [6.07, 6.45) is 13.2. The Morgan fingerprint density at radius 2 is 1.61 bits per heavy atom. The fourth-order valence-electron chi connectivity index (χ4n) is 9.68. The van der Waals surface area contributed by atoms with Gasteiger partial charge in [-0.15, -0.1) is 0 Å². The number of aliphatic hydroxyl groups is 1. The molecule has 0 aromatic carbocycles. The molecule has 0 spiro atoms. The van der Waals surface area contributed by atoms with Crippen molar-refractivity contribution < 1.29 is 9.90 Å². The monoisotopic (exact) mass is 504 g/mol. The summed E-state index contributed by atoms with van der Waals surface area (Å²) in [6, 6.07) is 0. The quantitative estimate of drug-likeness (QED) is 0.261. The van der Waals surface area contributed by atoms with Crippen LogP contribution >= 0.6 is 0 Å². The second kappa shape index (κ2) is 12.4. The van der Waals surface area contributed by atoms with E-state index in [2.05, 4.69) is 36.7 Å². The molecule has 0 bridgehead atoms. The van der Waals surface area contributed by atoms with E-state index in [0.717, 1.165) is 75.0 Å². The van der Waals surface area contributed by atoms with E-state index >= 15 is 0 Å². The molecule has 0 aromatic heterocycles. The lowest BCUT2D eigenvalue weighted by Crippen LogP contribution is -2.54. The van der Waals surface area contributed by atoms with Crippen LogP contribution in [0.25, 0.3) is 0 Å². The number of carbonyl (C=O) groups excluding carboxylic acids is 1. The van der Waals surface area contributed by atoms with Crippen molar-refractivity contribution in [2.45, 2.75) is 97.5 Å². The largest absolute Gasteiger partial charge is 0.393 e. The van der Waals surface area contributed by atoms with Crippen molar-refractivity contribution in [3.63, 3.8) is 0 Å². The Bertz CT molecular complexity index is 719. The van der Waals surface area contributed by atoms with E-state index in [9.17, 15) is 9.90 Å². The molecule has 0 aromatic rings. The van der Waals surface area contributed by atoms with Crippen LogP contribution in [0.1, 0.15) is 91.4 Å². The molecule has 0 saturated heterocycles. The molecule has 6 nitrogen and oxygen atoms in total. The molecule has 6 N–H and O–H groups in total. The lowest BCUT2D eigenvalue weighted by molar-refractivity contribution is -0.129. The minimum absolute atomic E-state index is 0.0533.